The maximum Gasteiger partial charge on any atom is 0.232 e. The van der Waals surface area contributed by atoms with E-state index in [1.165, 1.54) is 5.56 Å². The first-order chi connectivity index (χ1) is 12.3. The normalized spacial score (nSPS) is 15.5. The average Bonchev–Trinajstić information content (AvgIpc) is 3.11. The van der Waals surface area contributed by atoms with Crippen LogP contribution < -0.4 is 0 Å². The quantitative estimate of drug-likeness (QED) is 0.714. The molecule has 0 spiro atoms. The van der Waals surface area contributed by atoms with Gasteiger partial charge in [-0.3, -0.25) is 9.78 Å². The van der Waals surface area contributed by atoms with Crippen LogP contribution in [0.4, 0.5) is 0 Å². The zero-order valence-corrected chi connectivity index (χ0v) is 15.6. The Balaban J connectivity index is 1.55. The molecule has 5 nitrogen and oxygen atoms in total. The molecule has 0 radical (unpaired) electrons. The Labute approximate surface area is 153 Å². The van der Waals surface area contributed by atoms with Crippen molar-refractivity contribution in [1.82, 2.24) is 19.4 Å². The highest BCUT2D eigenvalue weighted by atomic mass is 32.2. The van der Waals surface area contributed by atoms with E-state index in [9.17, 15) is 4.79 Å². The van der Waals surface area contributed by atoms with Crippen LogP contribution in [0.15, 0.2) is 36.9 Å². The number of pyridine rings is 1. The maximum atomic E-state index is 12.3. The van der Waals surface area contributed by atoms with Gasteiger partial charge < -0.3 is 9.47 Å². The fourth-order valence-electron chi connectivity index (χ4n) is 3.28. The largest absolute Gasteiger partial charge is 0.342 e. The monoisotopic (exact) mass is 358 g/mol. The number of rotatable bonds is 7. The molecule has 6 heteroatoms. The van der Waals surface area contributed by atoms with Crippen molar-refractivity contribution in [2.45, 2.75) is 38.6 Å². The van der Waals surface area contributed by atoms with Crippen molar-refractivity contribution < 1.29 is 4.79 Å². The van der Waals surface area contributed by atoms with E-state index in [0.29, 0.717) is 11.7 Å². The minimum atomic E-state index is 0.288. The van der Waals surface area contributed by atoms with Crippen molar-refractivity contribution >= 4 is 17.7 Å². The standard InChI is InChI=1S/C19H26N4OS/c1-2-12-25-15-18(24)22-9-5-17(6-10-22)19-21-8-11-23(19)14-16-4-3-7-20-13-16/h3-4,7-8,11,13,17H,2,5-6,9-10,12,14-15H2,1H3. The number of hydrogen-bond acceptors (Lipinski definition) is 4. The van der Waals surface area contributed by atoms with Crippen molar-refractivity contribution in [3.05, 3.63) is 48.3 Å². The molecule has 1 aliphatic rings. The molecule has 1 amide bonds. The molecule has 0 N–H and O–H groups in total. The number of imidazole rings is 1. The summed E-state index contributed by atoms with van der Waals surface area (Å²) in [7, 11) is 0. The minimum absolute atomic E-state index is 0.288. The first kappa shape index (κ1) is 18.0. The summed E-state index contributed by atoms with van der Waals surface area (Å²) in [5, 5.41) is 0. The Kier molecular flexibility index (Phi) is 6.50. The zero-order valence-electron chi connectivity index (χ0n) is 14.8. The van der Waals surface area contributed by atoms with Gasteiger partial charge in [-0.2, -0.15) is 11.8 Å². The van der Waals surface area contributed by atoms with E-state index < -0.39 is 0 Å². The van der Waals surface area contributed by atoms with Crippen molar-refractivity contribution in [1.29, 1.82) is 0 Å². The van der Waals surface area contributed by atoms with Gasteiger partial charge in [0.2, 0.25) is 5.91 Å². The summed E-state index contributed by atoms with van der Waals surface area (Å²) in [6.07, 6.45) is 10.7. The Morgan fingerprint density at radius 2 is 2.16 bits per heavy atom. The van der Waals surface area contributed by atoms with Gasteiger partial charge in [-0.15, -0.1) is 0 Å². The topological polar surface area (TPSA) is 51.0 Å². The van der Waals surface area contributed by atoms with Crippen molar-refractivity contribution in [3.63, 3.8) is 0 Å². The summed E-state index contributed by atoms with van der Waals surface area (Å²) in [4.78, 5) is 23.1. The SMILES string of the molecule is CCCSCC(=O)N1CCC(c2nccn2Cc2cccnc2)CC1. The van der Waals surface area contributed by atoms with Gasteiger partial charge in [-0.25, -0.2) is 4.98 Å². The van der Waals surface area contributed by atoms with Crippen molar-refractivity contribution in [3.8, 4) is 0 Å². The molecule has 2 aromatic rings. The lowest BCUT2D eigenvalue weighted by Gasteiger charge is -2.32. The molecule has 3 heterocycles. The van der Waals surface area contributed by atoms with Crippen molar-refractivity contribution in [2.75, 3.05) is 24.6 Å². The van der Waals surface area contributed by atoms with E-state index in [-0.39, 0.29) is 5.91 Å². The summed E-state index contributed by atoms with van der Waals surface area (Å²) in [6, 6.07) is 4.05. The number of carbonyl (C=O) groups is 1. The molecular weight excluding hydrogens is 332 g/mol. The van der Waals surface area contributed by atoms with Crippen LogP contribution >= 0.6 is 11.8 Å². The lowest BCUT2D eigenvalue weighted by Crippen LogP contribution is -2.39. The van der Waals surface area contributed by atoms with Crippen molar-refractivity contribution in [2.24, 2.45) is 0 Å². The number of carbonyl (C=O) groups excluding carboxylic acids is 1. The first-order valence-electron chi connectivity index (χ1n) is 9.03. The van der Waals surface area contributed by atoms with Gasteiger partial charge in [0.1, 0.15) is 5.82 Å². The molecular formula is C19H26N4OS. The summed E-state index contributed by atoms with van der Waals surface area (Å²) < 4.78 is 2.22. The van der Waals surface area contributed by atoms with E-state index in [1.54, 1.807) is 18.0 Å². The second-order valence-corrected chi connectivity index (χ2v) is 7.59. The summed E-state index contributed by atoms with van der Waals surface area (Å²) in [6.45, 7) is 4.64. The van der Waals surface area contributed by atoms with Crippen LogP contribution in [0.25, 0.3) is 0 Å². The van der Waals surface area contributed by atoms with E-state index in [2.05, 4.69) is 27.5 Å². The summed E-state index contributed by atoms with van der Waals surface area (Å²) >= 11 is 1.74. The molecule has 0 aromatic carbocycles. The Hall–Kier alpha value is -1.82. The van der Waals surface area contributed by atoms with Gasteiger partial charge in [-0.1, -0.05) is 13.0 Å². The predicted molar refractivity (Wildman–Crippen MR) is 102 cm³/mol. The fraction of sp³-hybridized carbons (Fsp3) is 0.526. The molecule has 1 saturated heterocycles. The Morgan fingerprint density at radius 3 is 2.88 bits per heavy atom. The molecule has 3 rings (SSSR count). The lowest BCUT2D eigenvalue weighted by atomic mass is 9.96. The van der Waals surface area contributed by atoms with Crippen LogP contribution in [0.5, 0.6) is 0 Å². The van der Waals surface area contributed by atoms with E-state index in [0.717, 1.165) is 50.5 Å². The first-order valence-corrected chi connectivity index (χ1v) is 10.2. The Morgan fingerprint density at radius 1 is 1.32 bits per heavy atom. The molecule has 1 fully saturated rings. The highest BCUT2D eigenvalue weighted by molar-refractivity contribution is 7.99. The van der Waals surface area contributed by atoms with Gasteiger partial charge >= 0.3 is 0 Å². The van der Waals surface area contributed by atoms with Crippen LogP contribution in [0.1, 0.15) is 43.5 Å². The zero-order chi connectivity index (χ0) is 17.5. The number of likely N-dealkylation sites (tertiary alicyclic amines) is 1. The molecule has 0 bridgehead atoms. The number of amides is 1. The molecule has 2 aromatic heterocycles. The molecule has 1 aliphatic heterocycles. The van der Waals surface area contributed by atoms with Gasteiger partial charge in [0.25, 0.3) is 0 Å². The highest BCUT2D eigenvalue weighted by Crippen LogP contribution is 2.27. The number of aromatic nitrogens is 3. The van der Waals surface area contributed by atoms with E-state index in [1.807, 2.05) is 29.6 Å². The smallest absolute Gasteiger partial charge is 0.232 e. The van der Waals surface area contributed by atoms with E-state index >= 15 is 0 Å². The van der Waals surface area contributed by atoms with Gasteiger partial charge in [0, 0.05) is 43.8 Å². The Bertz CT molecular complexity index is 665. The second kappa shape index (κ2) is 9.04. The minimum Gasteiger partial charge on any atom is -0.342 e. The predicted octanol–water partition coefficient (Wildman–Crippen LogP) is 3.18. The van der Waals surface area contributed by atoms with Gasteiger partial charge in [0.15, 0.2) is 0 Å². The molecule has 0 saturated carbocycles. The highest BCUT2D eigenvalue weighted by Gasteiger charge is 2.26. The van der Waals surface area contributed by atoms with Gasteiger partial charge in [-0.05, 0) is 36.6 Å². The number of nitrogens with zero attached hydrogens (tertiary/aromatic N) is 4. The average molecular weight is 359 g/mol. The van der Waals surface area contributed by atoms with Gasteiger partial charge in [0.05, 0.1) is 12.3 Å². The number of hydrogen-bond donors (Lipinski definition) is 0. The third-order valence-electron chi connectivity index (χ3n) is 4.61. The molecule has 0 aliphatic carbocycles. The molecule has 25 heavy (non-hydrogen) atoms. The van der Waals surface area contributed by atoms with Crippen LogP contribution in [-0.4, -0.2) is 49.9 Å². The molecule has 0 unspecified atom stereocenters. The second-order valence-electron chi connectivity index (χ2n) is 6.48. The number of thioether (sulfide) groups is 1. The maximum absolute atomic E-state index is 12.3. The van der Waals surface area contributed by atoms with Crippen LogP contribution in [0, 0.1) is 0 Å². The molecule has 134 valence electrons. The van der Waals surface area contributed by atoms with Crippen LogP contribution in [-0.2, 0) is 11.3 Å². The van der Waals surface area contributed by atoms with Crippen LogP contribution in [0.2, 0.25) is 0 Å². The van der Waals surface area contributed by atoms with Crippen LogP contribution in [0.3, 0.4) is 0 Å². The number of piperidine rings is 1. The van der Waals surface area contributed by atoms with E-state index in [4.69, 9.17) is 0 Å². The lowest BCUT2D eigenvalue weighted by molar-refractivity contribution is -0.129. The molecule has 0 atom stereocenters. The fourth-order valence-corrected chi connectivity index (χ4v) is 4.08. The summed E-state index contributed by atoms with van der Waals surface area (Å²) in [5.74, 6) is 3.54. The third-order valence-corrected chi connectivity index (χ3v) is 5.76. The summed E-state index contributed by atoms with van der Waals surface area (Å²) in [5.41, 5.74) is 1.18. The third kappa shape index (κ3) is 4.84.